The third-order valence-electron chi connectivity index (χ3n) is 11.0. The molecule has 310 valence electrons. The molecule has 6 heteroatoms. The Kier molecular flexibility index (Phi) is 40.5. The van der Waals surface area contributed by atoms with E-state index in [-0.39, 0.29) is 0 Å². The highest BCUT2D eigenvalue weighted by Gasteiger charge is 2.28. The van der Waals surface area contributed by atoms with Crippen LogP contribution in [-0.4, -0.2) is 57.3 Å². The van der Waals surface area contributed by atoms with E-state index in [0.29, 0.717) is 12.8 Å². The minimum Gasteiger partial charge on any atom is -0.394 e. The number of aliphatic hydroxyl groups excluding tert-OH is 4. The molecule has 4 atom stereocenters. The second-order valence-corrected chi connectivity index (χ2v) is 16.1. The molecule has 4 unspecified atom stereocenters. The van der Waals surface area contributed by atoms with Gasteiger partial charge in [-0.15, -0.1) is 0 Å². The highest BCUT2D eigenvalue weighted by Crippen LogP contribution is 2.17. The van der Waals surface area contributed by atoms with E-state index >= 15 is 0 Å². The number of allylic oxidation sites excluding steroid dienone is 2. The topological polar surface area (TPSA) is 110 Å². The molecule has 0 radical (unpaired) electrons. The van der Waals surface area contributed by atoms with Gasteiger partial charge in [0.1, 0.15) is 12.2 Å². The maximum Gasteiger partial charge on any atom is 0.249 e. The molecule has 0 aromatic carbocycles. The molecule has 0 fully saturated rings. The Labute approximate surface area is 323 Å². The predicted molar refractivity (Wildman–Crippen MR) is 224 cm³/mol. The molecule has 0 aliphatic carbocycles. The maximum absolute atomic E-state index is 12.4. The maximum atomic E-state index is 12.4. The van der Waals surface area contributed by atoms with Crippen LogP contribution in [0.5, 0.6) is 0 Å². The Hall–Kier alpha value is -0.950. The Bertz CT molecular complexity index is 746. The zero-order valence-electron chi connectivity index (χ0n) is 34.8. The van der Waals surface area contributed by atoms with Gasteiger partial charge in [0.25, 0.3) is 0 Å². The van der Waals surface area contributed by atoms with Crippen LogP contribution in [0, 0.1) is 0 Å². The molecule has 0 aromatic heterocycles. The fourth-order valence-electron chi connectivity index (χ4n) is 7.29. The number of carbonyl (C=O) groups is 1. The molecule has 0 saturated heterocycles. The average molecular weight is 738 g/mol. The van der Waals surface area contributed by atoms with Gasteiger partial charge in [-0.05, 0) is 38.5 Å². The zero-order valence-corrected chi connectivity index (χ0v) is 34.8. The fourth-order valence-corrected chi connectivity index (χ4v) is 7.29. The number of nitrogens with one attached hydrogen (secondary N) is 1. The van der Waals surface area contributed by atoms with Gasteiger partial charge in [0.2, 0.25) is 5.91 Å². The molecule has 0 aliphatic heterocycles. The van der Waals surface area contributed by atoms with Gasteiger partial charge < -0.3 is 25.7 Å². The molecule has 0 saturated carbocycles. The van der Waals surface area contributed by atoms with Crippen LogP contribution in [0.25, 0.3) is 0 Å². The first-order chi connectivity index (χ1) is 25.5. The number of rotatable bonds is 42. The monoisotopic (exact) mass is 738 g/mol. The van der Waals surface area contributed by atoms with Crippen molar-refractivity contribution in [3.8, 4) is 0 Å². The quantitative estimate of drug-likeness (QED) is 0.0316. The average Bonchev–Trinajstić information content (AvgIpc) is 3.15. The summed E-state index contributed by atoms with van der Waals surface area (Å²) < 4.78 is 0. The third kappa shape index (κ3) is 34.8. The van der Waals surface area contributed by atoms with E-state index in [2.05, 4.69) is 31.3 Å². The smallest absolute Gasteiger partial charge is 0.249 e. The summed E-state index contributed by atoms with van der Waals surface area (Å²) in [5.74, 6) is -0.596. The van der Waals surface area contributed by atoms with E-state index in [1.165, 1.54) is 180 Å². The predicted octanol–water partition coefficient (Wildman–Crippen LogP) is 12.2. The highest BCUT2D eigenvalue weighted by atomic mass is 16.3. The van der Waals surface area contributed by atoms with Crippen molar-refractivity contribution in [1.82, 2.24) is 5.32 Å². The van der Waals surface area contributed by atoms with Crippen LogP contribution in [0.2, 0.25) is 0 Å². The Morgan fingerprint density at radius 1 is 0.462 bits per heavy atom. The first-order valence-corrected chi connectivity index (χ1v) is 23.1. The first-order valence-electron chi connectivity index (χ1n) is 23.1. The van der Waals surface area contributed by atoms with Crippen LogP contribution in [0.1, 0.15) is 245 Å². The van der Waals surface area contributed by atoms with Gasteiger partial charge in [0.15, 0.2) is 0 Å². The molecule has 0 heterocycles. The van der Waals surface area contributed by atoms with Crippen LogP contribution < -0.4 is 5.32 Å². The molecule has 0 bridgehead atoms. The molecular formula is C46H91NO5. The lowest BCUT2D eigenvalue weighted by atomic mass is 10.00. The number of hydrogen-bond donors (Lipinski definition) is 5. The minimum absolute atomic E-state index is 0.365. The Morgan fingerprint density at radius 3 is 1.15 bits per heavy atom. The van der Waals surface area contributed by atoms with Gasteiger partial charge in [-0.2, -0.15) is 0 Å². The molecular weight excluding hydrogens is 647 g/mol. The summed E-state index contributed by atoms with van der Waals surface area (Å²) in [5.41, 5.74) is 0. The molecule has 1 amide bonds. The lowest BCUT2D eigenvalue weighted by molar-refractivity contribution is -0.132. The standard InChI is InChI=1S/C46H91NO5/c1-3-5-7-9-11-13-14-15-16-17-18-19-20-21-22-23-24-25-26-27-28-29-30-31-32-34-35-37-39-43(49)45(51)42(41-48)47-46(52)44(50)40-38-36-33-12-10-8-6-4-2/h32,34,42-45,48-51H,3-31,33,35-41H2,1-2H3,(H,47,52)/b34-32+. The largest absolute Gasteiger partial charge is 0.394 e. The molecule has 6 nitrogen and oxygen atoms in total. The molecule has 0 aliphatic rings. The summed E-state index contributed by atoms with van der Waals surface area (Å²) in [6, 6.07) is -0.995. The lowest BCUT2D eigenvalue weighted by Crippen LogP contribution is -2.53. The van der Waals surface area contributed by atoms with E-state index in [0.717, 1.165) is 38.5 Å². The van der Waals surface area contributed by atoms with Crippen molar-refractivity contribution in [2.45, 2.75) is 269 Å². The molecule has 0 rings (SSSR count). The van der Waals surface area contributed by atoms with Crippen LogP contribution in [0.4, 0.5) is 0 Å². The number of carbonyl (C=O) groups excluding carboxylic acids is 1. The number of hydrogen-bond acceptors (Lipinski definition) is 5. The van der Waals surface area contributed by atoms with Crippen molar-refractivity contribution in [1.29, 1.82) is 0 Å². The van der Waals surface area contributed by atoms with Crippen LogP contribution in [0.15, 0.2) is 12.2 Å². The van der Waals surface area contributed by atoms with E-state index in [9.17, 15) is 25.2 Å². The Morgan fingerprint density at radius 2 is 0.788 bits per heavy atom. The van der Waals surface area contributed by atoms with Gasteiger partial charge in [-0.1, -0.05) is 219 Å². The van der Waals surface area contributed by atoms with Crippen molar-refractivity contribution >= 4 is 5.91 Å². The van der Waals surface area contributed by atoms with E-state index in [1.54, 1.807) is 0 Å². The third-order valence-corrected chi connectivity index (χ3v) is 11.0. The number of aliphatic hydroxyl groups is 4. The molecule has 0 spiro atoms. The van der Waals surface area contributed by atoms with Gasteiger partial charge in [-0.3, -0.25) is 4.79 Å². The van der Waals surface area contributed by atoms with E-state index in [1.807, 2.05) is 0 Å². The summed E-state index contributed by atoms with van der Waals surface area (Å²) in [7, 11) is 0. The van der Waals surface area contributed by atoms with Crippen LogP contribution in [0.3, 0.4) is 0 Å². The normalized spacial score (nSPS) is 14.2. The van der Waals surface area contributed by atoms with Gasteiger partial charge in [0.05, 0.1) is 18.8 Å². The zero-order chi connectivity index (χ0) is 38.2. The second kappa shape index (κ2) is 41.2. The van der Waals surface area contributed by atoms with Gasteiger partial charge in [-0.25, -0.2) is 0 Å². The molecule has 52 heavy (non-hydrogen) atoms. The summed E-state index contributed by atoms with van der Waals surface area (Å²) in [6.45, 7) is 4.01. The van der Waals surface area contributed by atoms with Crippen LogP contribution in [-0.2, 0) is 4.79 Å². The van der Waals surface area contributed by atoms with Gasteiger partial charge in [0, 0.05) is 0 Å². The SMILES string of the molecule is CCCCCCCCCCCCCCCCCCCCCCCCC/C=C/CCCC(O)C(O)C(CO)NC(=O)C(O)CCCCCCCCCC. The van der Waals surface area contributed by atoms with E-state index in [4.69, 9.17) is 0 Å². The van der Waals surface area contributed by atoms with Crippen molar-refractivity contribution < 1.29 is 25.2 Å². The molecule has 0 aromatic rings. The lowest BCUT2D eigenvalue weighted by Gasteiger charge is -2.27. The number of unbranched alkanes of at least 4 members (excludes halogenated alkanes) is 31. The minimum atomic E-state index is -1.28. The fraction of sp³-hybridized carbons (Fsp3) is 0.935. The highest BCUT2D eigenvalue weighted by molar-refractivity contribution is 5.80. The number of amides is 1. The van der Waals surface area contributed by atoms with Crippen molar-refractivity contribution in [2.24, 2.45) is 0 Å². The van der Waals surface area contributed by atoms with Crippen molar-refractivity contribution in [3.05, 3.63) is 12.2 Å². The summed E-state index contributed by atoms with van der Waals surface area (Å²) in [4.78, 5) is 12.4. The van der Waals surface area contributed by atoms with Crippen molar-refractivity contribution in [3.63, 3.8) is 0 Å². The summed E-state index contributed by atoms with van der Waals surface area (Å²) in [5, 5.41) is 43.4. The Balaban J connectivity index is 3.59. The summed E-state index contributed by atoms with van der Waals surface area (Å²) in [6.07, 6.45) is 45.8. The summed E-state index contributed by atoms with van der Waals surface area (Å²) >= 11 is 0. The van der Waals surface area contributed by atoms with E-state index < -0.39 is 36.9 Å². The van der Waals surface area contributed by atoms with Crippen molar-refractivity contribution in [2.75, 3.05) is 6.61 Å². The van der Waals surface area contributed by atoms with Gasteiger partial charge >= 0.3 is 0 Å². The van der Waals surface area contributed by atoms with Crippen LogP contribution >= 0.6 is 0 Å². The first kappa shape index (κ1) is 51.0. The molecule has 5 N–H and O–H groups in total. The second-order valence-electron chi connectivity index (χ2n) is 16.1.